The van der Waals surface area contributed by atoms with E-state index in [1.807, 2.05) is 32.9 Å². The van der Waals surface area contributed by atoms with E-state index in [9.17, 15) is 13.2 Å². The van der Waals surface area contributed by atoms with Crippen LogP contribution in [0.2, 0.25) is 0 Å². The summed E-state index contributed by atoms with van der Waals surface area (Å²) in [6, 6.07) is 3.85. The van der Waals surface area contributed by atoms with Gasteiger partial charge in [0.15, 0.2) is 15.6 Å². The number of fused-ring (bicyclic) bond motifs is 1. The molecule has 0 bridgehead atoms. The van der Waals surface area contributed by atoms with Gasteiger partial charge in [-0.05, 0) is 56.6 Å². The molecule has 0 aliphatic heterocycles. The highest BCUT2D eigenvalue weighted by Crippen LogP contribution is 2.72. The van der Waals surface area contributed by atoms with Gasteiger partial charge in [0.25, 0.3) is 0 Å². The number of ketones is 1. The standard InChI is InChI=1S/C24H36O3S/c1-5-6-7-8-9-10-11-13-23-14-12-21(25)24(23,17-23)28(26,27)22-19(3)15-18(2)16-20(22)4/h15-16H,5-14,17H2,1-4H3/t23-,24+/m0/s1. The molecule has 1 aromatic rings. The fourth-order valence-corrected chi connectivity index (χ4v) is 8.76. The van der Waals surface area contributed by atoms with E-state index in [4.69, 9.17) is 0 Å². The molecule has 0 heterocycles. The Hall–Kier alpha value is -1.16. The fraction of sp³-hybridized carbons (Fsp3) is 0.708. The quantitative estimate of drug-likeness (QED) is 0.448. The van der Waals surface area contributed by atoms with E-state index in [0.717, 1.165) is 42.4 Å². The normalized spacial score (nSPS) is 26.5. The first kappa shape index (κ1) is 21.5. The first-order valence-electron chi connectivity index (χ1n) is 11.1. The summed E-state index contributed by atoms with van der Waals surface area (Å²) in [5.74, 6) is -0.0326. The maximum atomic E-state index is 13.8. The highest BCUT2D eigenvalue weighted by molar-refractivity contribution is 7.94. The van der Waals surface area contributed by atoms with Gasteiger partial charge in [0.05, 0.1) is 4.90 Å². The second-order valence-electron chi connectivity index (χ2n) is 9.31. The maximum Gasteiger partial charge on any atom is 0.192 e. The largest absolute Gasteiger partial charge is 0.298 e. The molecule has 2 saturated carbocycles. The zero-order valence-electron chi connectivity index (χ0n) is 18.1. The number of sulfone groups is 1. The van der Waals surface area contributed by atoms with Gasteiger partial charge in [-0.25, -0.2) is 8.42 Å². The number of unbranched alkanes of at least 4 members (excludes halogenated alkanes) is 6. The predicted octanol–water partition coefficient (Wildman–Crippen LogP) is 6.02. The lowest BCUT2D eigenvalue weighted by atomic mass is 9.95. The van der Waals surface area contributed by atoms with E-state index in [1.165, 1.54) is 32.1 Å². The summed E-state index contributed by atoms with van der Waals surface area (Å²) in [6.07, 6.45) is 11.2. The fourth-order valence-electron chi connectivity index (χ4n) is 5.80. The molecule has 2 atom stereocenters. The Labute approximate surface area is 171 Å². The summed E-state index contributed by atoms with van der Waals surface area (Å²) in [5.41, 5.74) is 2.33. The SMILES string of the molecule is CCCCCCCCC[C@@]12CCC(=O)[C@]1(S(=O)(=O)c1c(C)cc(C)cc1C)C2. The summed E-state index contributed by atoms with van der Waals surface area (Å²) >= 11 is 0. The van der Waals surface area contributed by atoms with Crippen molar-refractivity contribution in [2.24, 2.45) is 5.41 Å². The van der Waals surface area contributed by atoms with Crippen molar-refractivity contribution < 1.29 is 13.2 Å². The molecule has 0 aromatic heterocycles. The Morgan fingerprint density at radius 3 is 2.11 bits per heavy atom. The predicted molar refractivity (Wildman–Crippen MR) is 114 cm³/mol. The molecule has 3 nitrogen and oxygen atoms in total. The molecular formula is C24H36O3S. The third kappa shape index (κ3) is 3.36. The van der Waals surface area contributed by atoms with Crippen molar-refractivity contribution in [3.8, 4) is 0 Å². The second-order valence-corrected chi connectivity index (χ2v) is 11.4. The number of carbonyl (C=O) groups is 1. The summed E-state index contributed by atoms with van der Waals surface area (Å²) in [4.78, 5) is 13.3. The van der Waals surface area contributed by atoms with Crippen molar-refractivity contribution >= 4 is 15.6 Å². The molecule has 0 amide bonds. The first-order chi connectivity index (χ1) is 13.2. The van der Waals surface area contributed by atoms with Gasteiger partial charge in [0.2, 0.25) is 0 Å². The molecule has 2 aliphatic carbocycles. The highest BCUT2D eigenvalue weighted by Gasteiger charge is 2.80. The number of hydrogen-bond donors (Lipinski definition) is 0. The molecule has 0 spiro atoms. The lowest BCUT2D eigenvalue weighted by Crippen LogP contribution is -2.35. The molecule has 156 valence electrons. The average molecular weight is 405 g/mol. The van der Waals surface area contributed by atoms with E-state index in [0.29, 0.717) is 17.7 Å². The Morgan fingerprint density at radius 1 is 0.929 bits per heavy atom. The van der Waals surface area contributed by atoms with Gasteiger partial charge in [0, 0.05) is 6.42 Å². The van der Waals surface area contributed by atoms with Crippen LogP contribution in [-0.4, -0.2) is 18.9 Å². The second kappa shape index (κ2) is 7.93. The minimum atomic E-state index is -3.65. The number of aryl methyl sites for hydroxylation is 3. The first-order valence-corrected chi connectivity index (χ1v) is 12.6. The number of rotatable bonds is 10. The molecule has 2 fully saturated rings. The van der Waals surface area contributed by atoms with Gasteiger partial charge in [-0.3, -0.25) is 4.79 Å². The van der Waals surface area contributed by atoms with E-state index in [2.05, 4.69) is 6.92 Å². The number of carbonyl (C=O) groups excluding carboxylic acids is 1. The zero-order valence-corrected chi connectivity index (χ0v) is 18.9. The molecular weight excluding hydrogens is 368 g/mol. The lowest BCUT2D eigenvalue weighted by molar-refractivity contribution is -0.118. The van der Waals surface area contributed by atoms with Crippen LogP contribution in [0.1, 0.15) is 94.2 Å². The Morgan fingerprint density at radius 2 is 1.50 bits per heavy atom. The van der Waals surface area contributed by atoms with Crippen LogP contribution in [0, 0.1) is 26.2 Å². The van der Waals surface area contributed by atoms with Crippen LogP contribution in [0.5, 0.6) is 0 Å². The topological polar surface area (TPSA) is 51.2 Å². The average Bonchev–Trinajstić information content (AvgIpc) is 3.21. The smallest absolute Gasteiger partial charge is 0.192 e. The van der Waals surface area contributed by atoms with Gasteiger partial charge < -0.3 is 0 Å². The molecule has 0 radical (unpaired) electrons. The summed E-state index contributed by atoms with van der Waals surface area (Å²) in [5, 5.41) is 0. The molecule has 3 rings (SSSR count). The molecule has 0 unspecified atom stereocenters. The molecule has 1 aromatic carbocycles. The Bertz CT molecular complexity index is 832. The van der Waals surface area contributed by atoms with Crippen molar-refractivity contribution in [2.75, 3.05) is 0 Å². The van der Waals surface area contributed by atoms with Crippen molar-refractivity contribution in [1.29, 1.82) is 0 Å². The number of Topliss-reactive ketones (excluding diaryl/α,β-unsaturated/α-hetero) is 1. The van der Waals surface area contributed by atoms with Gasteiger partial charge in [0.1, 0.15) is 4.75 Å². The minimum absolute atomic E-state index is 0.0326. The minimum Gasteiger partial charge on any atom is -0.298 e. The van der Waals surface area contributed by atoms with Crippen LogP contribution in [0.25, 0.3) is 0 Å². The molecule has 0 N–H and O–H groups in total. The maximum absolute atomic E-state index is 13.8. The van der Waals surface area contributed by atoms with Crippen LogP contribution in [0.4, 0.5) is 0 Å². The van der Waals surface area contributed by atoms with E-state index in [1.54, 1.807) is 0 Å². The van der Waals surface area contributed by atoms with Gasteiger partial charge >= 0.3 is 0 Å². The van der Waals surface area contributed by atoms with Gasteiger partial charge in [-0.2, -0.15) is 0 Å². The summed E-state index contributed by atoms with van der Waals surface area (Å²) in [6.45, 7) is 7.94. The Kier molecular flexibility index (Phi) is 6.10. The third-order valence-electron chi connectivity index (χ3n) is 7.19. The zero-order chi connectivity index (χ0) is 20.6. The van der Waals surface area contributed by atoms with Crippen LogP contribution < -0.4 is 0 Å². The van der Waals surface area contributed by atoms with Crippen molar-refractivity contribution in [1.82, 2.24) is 0 Å². The monoisotopic (exact) mass is 404 g/mol. The van der Waals surface area contributed by atoms with Crippen LogP contribution >= 0.6 is 0 Å². The van der Waals surface area contributed by atoms with Crippen molar-refractivity contribution in [3.63, 3.8) is 0 Å². The van der Waals surface area contributed by atoms with E-state index >= 15 is 0 Å². The van der Waals surface area contributed by atoms with Gasteiger partial charge in [-0.1, -0.05) is 69.6 Å². The third-order valence-corrected chi connectivity index (χ3v) is 10.1. The Balaban J connectivity index is 1.76. The highest BCUT2D eigenvalue weighted by atomic mass is 32.2. The lowest BCUT2D eigenvalue weighted by Gasteiger charge is -2.21. The van der Waals surface area contributed by atoms with Crippen molar-refractivity contribution in [2.45, 2.75) is 108 Å². The summed E-state index contributed by atoms with van der Waals surface area (Å²) in [7, 11) is -3.65. The number of hydrogen-bond acceptors (Lipinski definition) is 3. The molecule has 0 saturated heterocycles. The molecule has 4 heteroatoms. The molecule has 2 aliphatic rings. The van der Waals surface area contributed by atoms with Crippen molar-refractivity contribution in [3.05, 3.63) is 28.8 Å². The van der Waals surface area contributed by atoms with Gasteiger partial charge in [-0.15, -0.1) is 0 Å². The number of benzene rings is 1. The van der Waals surface area contributed by atoms with Crippen LogP contribution in [-0.2, 0) is 14.6 Å². The van der Waals surface area contributed by atoms with Crippen LogP contribution in [0.3, 0.4) is 0 Å². The summed E-state index contributed by atoms with van der Waals surface area (Å²) < 4.78 is 26.4. The van der Waals surface area contributed by atoms with Crippen LogP contribution in [0.15, 0.2) is 17.0 Å². The van der Waals surface area contributed by atoms with E-state index in [-0.39, 0.29) is 11.2 Å². The van der Waals surface area contributed by atoms with E-state index < -0.39 is 14.6 Å². The molecule has 28 heavy (non-hydrogen) atoms.